The monoisotopic (exact) mass is 391 g/mol. The molecule has 1 amide bonds. The average molecular weight is 391 g/mol. The molecular formula is C22H21N3O2S. The Balaban J connectivity index is 1.65. The highest BCUT2D eigenvalue weighted by Gasteiger charge is 2.26. The number of nitrogens with zero attached hydrogens (tertiary/aromatic N) is 2. The summed E-state index contributed by atoms with van der Waals surface area (Å²) < 4.78 is 5.64. The summed E-state index contributed by atoms with van der Waals surface area (Å²) in [6.45, 7) is 2.47. The number of amides is 1. The molecule has 28 heavy (non-hydrogen) atoms. The number of carbonyl (C=O) groups is 1. The summed E-state index contributed by atoms with van der Waals surface area (Å²) in [4.78, 5) is 23.1. The van der Waals surface area contributed by atoms with Crippen molar-refractivity contribution in [2.45, 2.75) is 26.2 Å². The van der Waals surface area contributed by atoms with E-state index in [2.05, 4.69) is 15.3 Å². The Morgan fingerprint density at radius 2 is 2.07 bits per heavy atom. The smallest absolute Gasteiger partial charge is 0.259 e. The van der Waals surface area contributed by atoms with Gasteiger partial charge in [-0.1, -0.05) is 12.1 Å². The lowest BCUT2D eigenvalue weighted by atomic mass is 10.1. The average Bonchev–Trinajstić information content (AvgIpc) is 3.29. The zero-order valence-electron chi connectivity index (χ0n) is 15.6. The summed E-state index contributed by atoms with van der Waals surface area (Å²) in [5.41, 5.74) is 3.46. The maximum absolute atomic E-state index is 13.2. The number of carbonyl (C=O) groups excluding carboxylic acids is 1. The molecule has 0 saturated carbocycles. The van der Waals surface area contributed by atoms with Gasteiger partial charge in [-0.2, -0.15) is 0 Å². The van der Waals surface area contributed by atoms with Crippen LogP contribution >= 0.6 is 11.3 Å². The maximum atomic E-state index is 13.2. The maximum Gasteiger partial charge on any atom is 0.259 e. The first-order chi connectivity index (χ1) is 13.8. The molecule has 2 heterocycles. The summed E-state index contributed by atoms with van der Waals surface area (Å²) in [5.74, 6) is 0.542. The summed E-state index contributed by atoms with van der Waals surface area (Å²) in [5, 5.41) is 3.78. The number of para-hydroxylation sites is 2. The molecule has 1 aliphatic carbocycles. The Morgan fingerprint density at radius 1 is 1.25 bits per heavy atom. The Kier molecular flexibility index (Phi) is 5.48. The van der Waals surface area contributed by atoms with Gasteiger partial charge in [0, 0.05) is 23.5 Å². The van der Waals surface area contributed by atoms with E-state index >= 15 is 0 Å². The first kappa shape index (κ1) is 18.4. The van der Waals surface area contributed by atoms with Crippen LogP contribution in [0.2, 0.25) is 0 Å². The second-order valence-corrected chi connectivity index (χ2v) is 7.54. The van der Waals surface area contributed by atoms with Crippen LogP contribution in [0.15, 0.2) is 53.8 Å². The number of ether oxygens (including phenoxy) is 1. The van der Waals surface area contributed by atoms with Crippen LogP contribution in [0.1, 0.15) is 39.7 Å². The van der Waals surface area contributed by atoms with Crippen LogP contribution in [-0.4, -0.2) is 23.7 Å². The summed E-state index contributed by atoms with van der Waals surface area (Å²) in [7, 11) is 0. The summed E-state index contributed by atoms with van der Waals surface area (Å²) in [6.07, 6.45) is 8.27. The summed E-state index contributed by atoms with van der Waals surface area (Å²) >= 11 is 1.62. The largest absolute Gasteiger partial charge is 0.492 e. The lowest BCUT2D eigenvalue weighted by Gasteiger charge is -2.11. The van der Waals surface area contributed by atoms with Gasteiger partial charge >= 0.3 is 0 Å². The van der Waals surface area contributed by atoms with Crippen molar-refractivity contribution in [3.63, 3.8) is 0 Å². The molecule has 5 nitrogen and oxygen atoms in total. The fraction of sp³-hybridized carbons (Fsp3) is 0.227. The van der Waals surface area contributed by atoms with Crippen LogP contribution in [0.5, 0.6) is 5.75 Å². The van der Waals surface area contributed by atoms with Gasteiger partial charge in [0.2, 0.25) is 0 Å². The molecule has 0 atom stereocenters. The van der Waals surface area contributed by atoms with E-state index in [1.165, 1.54) is 4.88 Å². The molecular weight excluding hydrogens is 370 g/mol. The molecule has 3 aromatic rings. The van der Waals surface area contributed by atoms with E-state index in [1.54, 1.807) is 29.9 Å². The van der Waals surface area contributed by atoms with Gasteiger partial charge in [0.05, 0.1) is 17.9 Å². The molecule has 142 valence electrons. The number of aliphatic imine (C=N–C) groups is 1. The lowest BCUT2D eigenvalue weighted by molar-refractivity contribution is 0.102. The number of aryl methyl sites for hydroxylation is 1. The van der Waals surface area contributed by atoms with E-state index in [0.717, 1.165) is 35.4 Å². The van der Waals surface area contributed by atoms with E-state index in [-0.39, 0.29) is 5.91 Å². The first-order valence-corrected chi connectivity index (χ1v) is 10.2. The second-order valence-electron chi connectivity index (χ2n) is 6.46. The molecule has 0 unspecified atom stereocenters. The zero-order valence-corrected chi connectivity index (χ0v) is 16.5. The SMILES string of the molecule is CCOc1ccccc1NC(=O)c1c(N=Cc2ccncc2)sc2c1CCC2. The number of fused-ring (bicyclic) bond motifs is 1. The van der Waals surface area contributed by atoms with Crippen LogP contribution in [-0.2, 0) is 12.8 Å². The van der Waals surface area contributed by atoms with Crippen LogP contribution in [0, 0.1) is 0 Å². The molecule has 0 fully saturated rings. The van der Waals surface area contributed by atoms with Gasteiger partial charge in [-0.25, -0.2) is 4.99 Å². The third kappa shape index (κ3) is 3.82. The van der Waals surface area contributed by atoms with Gasteiger partial charge in [0.25, 0.3) is 5.91 Å². The van der Waals surface area contributed by atoms with Crippen molar-refractivity contribution in [1.29, 1.82) is 0 Å². The number of nitrogens with one attached hydrogen (secondary N) is 1. The molecule has 4 rings (SSSR count). The molecule has 2 aromatic heterocycles. The van der Waals surface area contributed by atoms with Crippen molar-refractivity contribution in [3.8, 4) is 5.75 Å². The van der Waals surface area contributed by atoms with Crippen LogP contribution in [0.4, 0.5) is 10.7 Å². The van der Waals surface area contributed by atoms with Crippen molar-refractivity contribution in [2.24, 2.45) is 4.99 Å². The molecule has 0 aliphatic heterocycles. The molecule has 1 N–H and O–H groups in total. The Labute approximate surface area is 168 Å². The first-order valence-electron chi connectivity index (χ1n) is 9.38. The fourth-order valence-electron chi connectivity index (χ4n) is 3.33. The molecule has 1 aliphatic rings. The number of benzene rings is 1. The Hall–Kier alpha value is -2.99. The zero-order chi connectivity index (χ0) is 19.3. The molecule has 0 spiro atoms. The summed E-state index contributed by atoms with van der Waals surface area (Å²) in [6, 6.07) is 11.3. The van der Waals surface area contributed by atoms with E-state index < -0.39 is 0 Å². The predicted octanol–water partition coefficient (Wildman–Crippen LogP) is 5.03. The standard InChI is InChI=1S/C22H21N3O2S/c1-2-27-18-8-4-3-7-17(18)25-21(26)20-16-6-5-9-19(16)28-22(20)24-14-15-10-12-23-13-11-15/h3-4,7-8,10-14H,2,5-6,9H2,1H3,(H,25,26). The highest BCUT2D eigenvalue weighted by molar-refractivity contribution is 7.16. The molecule has 6 heteroatoms. The molecule has 0 saturated heterocycles. The van der Waals surface area contributed by atoms with Gasteiger partial charge in [-0.3, -0.25) is 9.78 Å². The van der Waals surface area contributed by atoms with Crippen LogP contribution in [0.25, 0.3) is 0 Å². The highest BCUT2D eigenvalue weighted by atomic mass is 32.1. The lowest BCUT2D eigenvalue weighted by Crippen LogP contribution is -2.14. The Morgan fingerprint density at radius 3 is 2.89 bits per heavy atom. The van der Waals surface area contributed by atoms with E-state index in [9.17, 15) is 4.79 Å². The second kappa shape index (κ2) is 8.35. The van der Waals surface area contributed by atoms with E-state index in [4.69, 9.17) is 4.74 Å². The van der Waals surface area contributed by atoms with Gasteiger partial charge in [0.15, 0.2) is 0 Å². The van der Waals surface area contributed by atoms with Crippen molar-refractivity contribution in [1.82, 2.24) is 4.98 Å². The molecule has 0 bridgehead atoms. The topological polar surface area (TPSA) is 63.6 Å². The number of anilines is 1. The predicted molar refractivity (Wildman–Crippen MR) is 113 cm³/mol. The minimum atomic E-state index is -0.131. The minimum Gasteiger partial charge on any atom is -0.492 e. The number of pyridine rings is 1. The Bertz CT molecular complexity index is 1010. The third-order valence-electron chi connectivity index (χ3n) is 4.60. The van der Waals surface area contributed by atoms with Crippen molar-refractivity contribution in [3.05, 3.63) is 70.4 Å². The minimum absolute atomic E-state index is 0.131. The number of hydrogen-bond donors (Lipinski definition) is 1. The third-order valence-corrected chi connectivity index (χ3v) is 5.80. The van der Waals surface area contributed by atoms with Crippen LogP contribution < -0.4 is 10.1 Å². The molecule has 1 aromatic carbocycles. The molecule has 0 radical (unpaired) electrons. The van der Waals surface area contributed by atoms with E-state index in [0.29, 0.717) is 23.6 Å². The fourth-order valence-corrected chi connectivity index (χ4v) is 4.56. The quantitative estimate of drug-likeness (QED) is 0.599. The van der Waals surface area contributed by atoms with Gasteiger partial charge in [-0.05, 0) is 61.6 Å². The van der Waals surface area contributed by atoms with Gasteiger partial charge < -0.3 is 10.1 Å². The van der Waals surface area contributed by atoms with Crippen molar-refractivity contribution in [2.75, 3.05) is 11.9 Å². The van der Waals surface area contributed by atoms with Gasteiger partial charge in [0.1, 0.15) is 10.8 Å². The number of aromatic nitrogens is 1. The van der Waals surface area contributed by atoms with Gasteiger partial charge in [-0.15, -0.1) is 11.3 Å². The number of rotatable bonds is 6. The normalized spacial score (nSPS) is 12.9. The van der Waals surface area contributed by atoms with Crippen LogP contribution in [0.3, 0.4) is 0 Å². The van der Waals surface area contributed by atoms with Crippen molar-refractivity contribution < 1.29 is 9.53 Å². The van der Waals surface area contributed by atoms with Crippen molar-refractivity contribution >= 4 is 34.1 Å². The van der Waals surface area contributed by atoms with E-state index in [1.807, 2.05) is 43.3 Å². The highest BCUT2D eigenvalue weighted by Crippen LogP contribution is 2.41. The number of hydrogen-bond acceptors (Lipinski definition) is 5. The number of thiophene rings is 1.